The number of aliphatic hydroxyl groups is 1. The van der Waals surface area contributed by atoms with Gasteiger partial charge in [0.2, 0.25) is 0 Å². The Labute approximate surface area is 270 Å². The fraction of sp³-hybridized carbons (Fsp3) is 0.216. The first kappa shape index (κ1) is 33.5. The van der Waals surface area contributed by atoms with Gasteiger partial charge in [0.05, 0.1) is 6.34 Å². The first-order chi connectivity index (χ1) is 20.0. The number of rotatable bonds is 5. The Kier molecular flexibility index (Phi) is 11.3. The van der Waals surface area contributed by atoms with E-state index in [2.05, 4.69) is 23.3 Å². The van der Waals surface area contributed by atoms with Crippen molar-refractivity contribution in [1.82, 2.24) is 0 Å². The number of para-hydroxylation sites is 2. The van der Waals surface area contributed by atoms with Gasteiger partial charge in [0.25, 0.3) is 0 Å². The second-order valence-electron chi connectivity index (χ2n) is 10.8. The van der Waals surface area contributed by atoms with Crippen molar-refractivity contribution in [3.05, 3.63) is 141 Å². The minimum absolute atomic E-state index is 0. The van der Waals surface area contributed by atoms with Crippen LogP contribution in [-0.4, -0.2) is 17.2 Å². The van der Waals surface area contributed by atoms with Crippen molar-refractivity contribution in [2.24, 2.45) is 5.10 Å². The Balaban J connectivity index is 0.000000245. The van der Waals surface area contributed by atoms with E-state index in [1.54, 1.807) is 6.34 Å². The van der Waals surface area contributed by atoms with Crippen LogP contribution < -0.4 is 9.91 Å². The summed E-state index contributed by atoms with van der Waals surface area (Å²) in [5, 5.41) is 16.9. The molecule has 0 aliphatic carbocycles. The predicted octanol–water partition coefficient (Wildman–Crippen LogP) is 8.81. The molecule has 0 saturated heterocycles. The SMILES string of the molecule is Cc1cc(C)c(C)c(C(=O)/C=C(\O)c2c(C)c(C)cc(C)c2C)c1C.[Pt+2].[c-]1ccccc1N1C=NN(c2ccccc2)[CH-]1. The molecule has 0 radical (unpaired) electrons. The molecule has 0 unspecified atom stereocenters. The van der Waals surface area contributed by atoms with Gasteiger partial charge in [-0.3, -0.25) is 4.79 Å². The summed E-state index contributed by atoms with van der Waals surface area (Å²) in [6.07, 6.45) is 3.15. The van der Waals surface area contributed by atoms with Crippen molar-refractivity contribution in [2.75, 3.05) is 9.91 Å². The molecule has 0 amide bonds. The zero-order valence-corrected chi connectivity index (χ0v) is 28.4. The Morgan fingerprint density at radius 2 is 1.28 bits per heavy atom. The van der Waals surface area contributed by atoms with E-state index < -0.39 is 0 Å². The fourth-order valence-corrected chi connectivity index (χ4v) is 5.13. The maximum atomic E-state index is 12.9. The molecular formula is C37H39N3O2Pt. The molecular weight excluding hydrogens is 714 g/mol. The zero-order valence-electron chi connectivity index (χ0n) is 26.1. The van der Waals surface area contributed by atoms with Gasteiger partial charge in [0.1, 0.15) is 5.76 Å². The van der Waals surface area contributed by atoms with E-state index in [0.29, 0.717) is 5.56 Å². The van der Waals surface area contributed by atoms with Crippen LogP contribution in [0.15, 0.2) is 77.9 Å². The molecule has 0 atom stereocenters. The predicted molar refractivity (Wildman–Crippen MR) is 175 cm³/mol. The van der Waals surface area contributed by atoms with Gasteiger partial charge in [0, 0.05) is 22.9 Å². The second kappa shape index (κ2) is 14.5. The number of allylic oxidation sites excluding steroid dienone is 1. The molecule has 5 nitrogen and oxygen atoms in total. The van der Waals surface area contributed by atoms with E-state index in [4.69, 9.17) is 0 Å². The summed E-state index contributed by atoms with van der Waals surface area (Å²) in [5.74, 6) is -0.0954. The number of aryl methyl sites for hydroxylation is 4. The molecule has 6 heteroatoms. The van der Waals surface area contributed by atoms with E-state index in [1.807, 2.05) is 127 Å². The number of nitrogens with zero attached hydrogens (tertiary/aromatic N) is 3. The quantitative estimate of drug-likeness (QED) is 0.0959. The summed E-state index contributed by atoms with van der Waals surface area (Å²) in [4.78, 5) is 14.9. The molecule has 4 aromatic rings. The molecule has 0 fully saturated rings. The molecule has 5 rings (SSSR count). The third kappa shape index (κ3) is 7.53. The van der Waals surface area contributed by atoms with E-state index >= 15 is 0 Å². The number of anilines is 2. The molecule has 43 heavy (non-hydrogen) atoms. The maximum Gasteiger partial charge on any atom is 2.00 e. The Hall–Kier alpha value is -3.95. The molecule has 1 aliphatic heterocycles. The average Bonchev–Trinajstić information content (AvgIpc) is 3.47. The summed E-state index contributed by atoms with van der Waals surface area (Å²) in [6.45, 7) is 17.9. The van der Waals surface area contributed by atoms with Crippen molar-refractivity contribution < 1.29 is 31.0 Å². The molecule has 0 aromatic heterocycles. The van der Waals surface area contributed by atoms with Crippen molar-refractivity contribution in [3.8, 4) is 0 Å². The number of aliphatic hydroxyl groups excluding tert-OH is 1. The minimum Gasteiger partial charge on any atom is -0.507 e. The summed E-state index contributed by atoms with van der Waals surface area (Å²) >= 11 is 0. The number of hydrogen-bond acceptors (Lipinski definition) is 5. The zero-order chi connectivity index (χ0) is 30.6. The van der Waals surface area contributed by atoms with Crippen LogP contribution in [0.2, 0.25) is 0 Å². The van der Waals surface area contributed by atoms with Crippen LogP contribution in [0.4, 0.5) is 11.4 Å². The van der Waals surface area contributed by atoms with Gasteiger partial charge in [-0.25, -0.2) is 0 Å². The first-order valence-corrected chi connectivity index (χ1v) is 14.1. The monoisotopic (exact) mass is 752 g/mol. The summed E-state index contributed by atoms with van der Waals surface area (Å²) in [7, 11) is 0. The van der Waals surface area contributed by atoms with Gasteiger partial charge in [0.15, 0.2) is 5.78 Å². The standard InChI is InChI=1S/C23H28O2.C14H11N3.Pt/c1-12-9-13(2)17(6)22(16(12)5)20(24)11-21(25)23-18(7)14(3)10-15(4)19(23)8;1-3-7-13(8-4-1)16-11-15-17(12-16)14-9-5-2-6-10-14;/h9-11,24H,1-8H3;1-7,9-12H;/q;-2;+2/b20-11-;;. The topological polar surface area (TPSA) is 56.1 Å². The number of ketones is 1. The summed E-state index contributed by atoms with van der Waals surface area (Å²) < 4.78 is 0. The average molecular weight is 753 g/mol. The molecule has 0 spiro atoms. The third-order valence-electron chi connectivity index (χ3n) is 8.03. The van der Waals surface area contributed by atoms with Crippen LogP contribution in [0.3, 0.4) is 0 Å². The molecule has 4 aromatic carbocycles. The molecule has 0 saturated carbocycles. The van der Waals surface area contributed by atoms with Crippen LogP contribution in [0.5, 0.6) is 0 Å². The first-order valence-electron chi connectivity index (χ1n) is 14.1. The molecule has 1 heterocycles. The number of benzene rings is 4. The Bertz CT molecular complexity index is 1560. The number of carbonyl (C=O) groups excluding carboxylic acids is 1. The van der Waals surface area contributed by atoms with Crippen LogP contribution in [0, 0.1) is 68.1 Å². The maximum absolute atomic E-state index is 12.9. The van der Waals surface area contributed by atoms with Gasteiger partial charge in [-0.2, -0.15) is 35.4 Å². The van der Waals surface area contributed by atoms with Gasteiger partial charge < -0.3 is 15.0 Å². The van der Waals surface area contributed by atoms with Crippen molar-refractivity contribution in [2.45, 2.75) is 55.4 Å². The van der Waals surface area contributed by atoms with Gasteiger partial charge in [-0.15, -0.1) is 12.4 Å². The second-order valence-corrected chi connectivity index (χ2v) is 10.8. The normalized spacial score (nSPS) is 12.5. The largest absolute Gasteiger partial charge is 2.00 e. The van der Waals surface area contributed by atoms with Gasteiger partial charge in [-0.05, 0) is 112 Å². The molecule has 1 aliphatic rings. The molecule has 1 N–H and O–H groups in total. The Morgan fingerprint density at radius 3 is 1.79 bits per heavy atom. The number of carbonyl (C=O) groups is 1. The van der Waals surface area contributed by atoms with E-state index in [-0.39, 0.29) is 32.6 Å². The molecule has 0 bridgehead atoms. The summed E-state index contributed by atoms with van der Waals surface area (Å²) in [5.41, 5.74) is 11.9. The fourth-order valence-electron chi connectivity index (χ4n) is 5.13. The van der Waals surface area contributed by atoms with Crippen molar-refractivity contribution >= 4 is 29.3 Å². The van der Waals surface area contributed by atoms with E-state index in [0.717, 1.165) is 61.4 Å². The number of hydrogen-bond donors (Lipinski definition) is 1. The Morgan fingerprint density at radius 1 is 0.767 bits per heavy atom. The van der Waals surface area contributed by atoms with Crippen LogP contribution in [0.1, 0.15) is 60.4 Å². The molecule has 224 valence electrons. The van der Waals surface area contributed by atoms with E-state index in [1.165, 1.54) is 6.08 Å². The van der Waals surface area contributed by atoms with Crippen LogP contribution in [0.25, 0.3) is 5.76 Å². The smallest absolute Gasteiger partial charge is 0.507 e. The van der Waals surface area contributed by atoms with Gasteiger partial charge in [-0.1, -0.05) is 30.3 Å². The summed E-state index contributed by atoms with van der Waals surface area (Å²) in [6, 6.07) is 25.2. The van der Waals surface area contributed by atoms with Gasteiger partial charge >= 0.3 is 21.1 Å². The van der Waals surface area contributed by atoms with Crippen LogP contribution in [-0.2, 0) is 21.1 Å². The third-order valence-corrected chi connectivity index (χ3v) is 8.03. The minimum atomic E-state index is -0.141. The van der Waals surface area contributed by atoms with E-state index in [9.17, 15) is 9.90 Å². The van der Waals surface area contributed by atoms with Crippen molar-refractivity contribution in [3.63, 3.8) is 0 Å². The number of hydrazone groups is 1. The van der Waals surface area contributed by atoms with Crippen molar-refractivity contribution in [1.29, 1.82) is 0 Å². The van der Waals surface area contributed by atoms with Crippen LogP contribution >= 0.6 is 0 Å².